The highest BCUT2D eigenvalue weighted by Gasteiger charge is 2.34. The van der Waals surface area contributed by atoms with E-state index in [1.165, 1.54) is 13.2 Å². The van der Waals surface area contributed by atoms with Gasteiger partial charge >= 0.3 is 0 Å². The molecule has 0 radical (unpaired) electrons. The SMILES string of the molecule is COc1ccc(F)c(Cl)c1[C@@H](C)c1c[nH]c2ncc(-c3cnn(C4C[C@@H](O)[C@@H](O)C4)c3C)cc12. The summed E-state index contributed by atoms with van der Waals surface area (Å²) < 4.78 is 21.6. The van der Waals surface area contributed by atoms with Gasteiger partial charge in [0.15, 0.2) is 0 Å². The molecule has 1 fully saturated rings. The maximum Gasteiger partial charge on any atom is 0.142 e. The number of rotatable bonds is 5. The van der Waals surface area contributed by atoms with Gasteiger partial charge in [-0.15, -0.1) is 0 Å². The molecule has 1 aromatic carbocycles. The van der Waals surface area contributed by atoms with E-state index in [2.05, 4.69) is 15.1 Å². The molecule has 178 valence electrons. The molecule has 0 saturated heterocycles. The fourth-order valence-electron chi connectivity index (χ4n) is 5.06. The van der Waals surface area contributed by atoms with E-state index in [0.29, 0.717) is 29.8 Å². The summed E-state index contributed by atoms with van der Waals surface area (Å²) in [6.07, 6.45) is 4.92. The maximum atomic E-state index is 14.3. The van der Waals surface area contributed by atoms with Crippen molar-refractivity contribution >= 4 is 22.6 Å². The molecule has 4 atom stereocenters. The first kappa shape index (κ1) is 22.8. The first-order chi connectivity index (χ1) is 16.3. The molecule has 3 heterocycles. The van der Waals surface area contributed by atoms with E-state index in [4.69, 9.17) is 16.3 Å². The zero-order chi connectivity index (χ0) is 24.1. The molecular formula is C25H26ClFN4O3. The highest BCUT2D eigenvalue weighted by atomic mass is 35.5. The summed E-state index contributed by atoms with van der Waals surface area (Å²) in [5, 5.41) is 25.4. The summed E-state index contributed by atoms with van der Waals surface area (Å²) in [7, 11) is 1.54. The van der Waals surface area contributed by atoms with Crippen molar-refractivity contribution < 1.29 is 19.3 Å². The standard InChI is InChI=1S/C25H26ClFN4O3/c1-12(23-22(34-3)5-4-19(27)24(23)26)17-10-29-25-16(17)6-14(9-28-25)18-11-30-31(13(18)2)15-7-20(32)21(33)8-15/h4-6,9-12,15,20-21,32-33H,7-8H2,1-3H3,(H,28,29)/t12-,15?,20-,21+/m0/s1. The normalized spacial score (nSPS) is 21.3. The predicted octanol–water partition coefficient (Wildman–Crippen LogP) is 4.74. The minimum atomic E-state index is -0.731. The molecule has 5 rings (SSSR count). The van der Waals surface area contributed by atoms with Crippen LogP contribution in [0.4, 0.5) is 4.39 Å². The minimum Gasteiger partial charge on any atom is -0.496 e. The van der Waals surface area contributed by atoms with Crippen molar-refractivity contribution in [1.29, 1.82) is 0 Å². The van der Waals surface area contributed by atoms with Crippen LogP contribution in [0.3, 0.4) is 0 Å². The number of nitrogens with one attached hydrogen (secondary N) is 1. The number of aromatic amines is 1. The van der Waals surface area contributed by atoms with E-state index in [1.54, 1.807) is 18.5 Å². The van der Waals surface area contributed by atoms with E-state index < -0.39 is 18.0 Å². The van der Waals surface area contributed by atoms with Crippen LogP contribution in [-0.2, 0) is 0 Å². The van der Waals surface area contributed by atoms with Gasteiger partial charge in [-0.25, -0.2) is 9.37 Å². The number of H-pyrrole nitrogens is 1. The summed E-state index contributed by atoms with van der Waals surface area (Å²) in [6.45, 7) is 3.93. The van der Waals surface area contributed by atoms with E-state index in [9.17, 15) is 14.6 Å². The highest BCUT2D eigenvalue weighted by Crippen LogP contribution is 2.41. The Kier molecular flexibility index (Phi) is 5.83. The van der Waals surface area contributed by atoms with Crippen LogP contribution in [0.25, 0.3) is 22.2 Å². The molecule has 0 spiro atoms. The summed E-state index contributed by atoms with van der Waals surface area (Å²) in [4.78, 5) is 7.80. The first-order valence-corrected chi connectivity index (χ1v) is 11.6. The van der Waals surface area contributed by atoms with Crippen LogP contribution in [0.15, 0.2) is 36.8 Å². The Balaban J connectivity index is 1.55. The molecule has 7 nitrogen and oxygen atoms in total. The number of hydrogen-bond acceptors (Lipinski definition) is 5. The Morgan fingerprint density at radius 3 is 2.68 bits per heavy atom. The van der Waals surface area contributed by atoms with Crippen LogP contribution >= 0.6 is 11.6 Å². The number of nitrogens with zero attached hydrogens (tertiary/aromatic N) is 3. The number of hydrogen-bond donors (Lipinski definition) is 3. The van der Waals surface area contributed by atoms with Gasteiger partial charge in [-0.05, 0) is 43.5 Å². The largest absolute Gasteiger partial charge is 0.496 e. The van der Waals surface area contributed by atoms with Crippen LogP contribution in [-0.4, -0.2) is 49.3 Å². The third-order valence-corrected chi connectivity index (χ3v) is 7.33. The Hall–Kier alpha value is -2.94. The average Bonchev–Trinajstić information content (AvgIpc) is 3.51. The van der Waals surface area contributed by atoms with Gasteiger partial charge in [0.2, 0.25) is 0 Å². The van der Waals surface area contributed by atoms with Gasteiger partial charge in [-0.1, -0.05) is 18.5 Å². The van der Waals surface area contributed by atoms with Crippen LogP contribution in [0.1, 0.15) is 48.5 Å². The molecule has 3 aromatic heterocycles. The number of aliphatic hydroxyl groups is 2. The monoisotopic (exact) mass is 484 g/mol. The Morgan fingerprint density at radius 2 is 1.97 bits per heavy atom. The molecule has 9 heteroatoms. The number of halogens is 2. The number of aliphatic hydroxyl groups excluding tert-OH is 2. The van der Waals surface area contributed by atoms with Crippen molar-refractivity contribution in [3.05, 3.63) is 64.5 Å². The molecule has 0 aliphatic heterocycles. The van der Waals surface area contributed by atoms with Crippen LogP contribution in [0.2, 0.25) is 5.02 Å². The van der Waals surface area contributed by atoms with Crippen molar-refractivity contribution in [2.24, 2.45) is 0 Å². The zero-order valence-electron chi connectivity index (χ0n) is 19.1. The molecule has 1 aliphatic rings. The van der Waals surface area contributed by atoms with Gasteiger partial charge < -0.3 is 19.9 Å². The second kappa shape index (κ2) is 8.69. The molecule has 1 saturated carbocycles. The van der Waals surface area contributed by atoms with Crippen molar-refractivity contribution in [3.63, 3.8) is 0 Å². The third kappa shape index (κ3) is 3.66. The fourth-order valence-corrected chi connectivity index (χ4v) is 5.38. The molecule has 0 amide bonds. The van der Waals surface area contributed by atoms with Gasteiger partial charge in [0.05, 0.1) is 36.6 Å². The molecule has 34 heavy (non-hydrogen) atoms. The molecule has 1 aliphatic carbocycles. The Morgan fingerprint density at radius 1 is 1.24 bits per heavy atom. The lowest BCUT2D eigenvalue weighted by molar-refractivity contribution is 0.0438. The van der Waals surface area contributed by atoms with Crippen LogP contribution < -0.4 is 4.74 Å². The average molecular weight is 485 g/mol. The maximum absolute atomic E-state index is 14.3. The summed E-state index contributed by atoms with van der Waals surface area (Å²) in [5.41, 5.74) is 4.96. The molecule has 4 aromatic rings. The lowest BCUT2D eigenvalue weighted by atomic mass is 9.91. The predicted molar refractivity (Wildman–Crippen MR) is 128 cm³/mol. The molecular weight excluding hydrogens is 459 g/mol. The molecule has 0 bridgehead atoms. The van der Waals surface area contributed by atoms with Gasteiger partial charge in [0.1, 0.15) is 17.2 Å². The lowest BCUT2D eigenvalue weighted by Crippen LogP contribution is -2.17. The number of benzene rings is 1. The quantitative estimate of drug-likeness (QED) is 0.380. The van der Waals surface area contributed by atoms with Crippen LogP contribution in [0.5, 0.6) is 5.75 Å². The second-order valence-electron chi connectivity index (χ2n) is 8.91. The van der Waals surface area contributed by atoms with Crippen LogP contribution in [0, 0.1) is 12.7 Å². The van der Waals surface area contributed by atoms with E-state index in [0.717, 1.165) is 27.8 Å². The lowest BCUT2D eigenvalue weighted by Gasteiger charge is -2.17. The summed E-state index contributed by atoms with van der Waals surface area (Å²) in [5.74, 6) is -0.224. The Bertz CT molecular complexity index is 1360. The van der Waals surface area contributed by atoms with E-state index in [-0.39, 0.29) is 17.0 Å². The second-order valence-corrected chi connectivity index (χ2v) is 9.29. The zero-order valence-corrected chi connectivity index (χ0v) is 19.8. The van der Waals surface area contributed by atoms with E-state index in [1.807, 2.05) is 30.8 Å². The molecule has 1 unspecified atom stereocenters. The minimum absolute atomic E-state index is 0.0448. The number of ether oxygens (including phenoxy) is 1. The van der Waals surface area contributed by atoms with Gasteiger partial charge in [0, 0.05) is 46.1 Å². The van der Waals surface area contributed by atoms with E-state index >= 15 is 0 Å². The smallest absolute Gasteiger partial charge is 0.142 e. The van der Waals surface area contributed by atoms with Crippen molar-refractivity contribution in [3.8, 4) is 16.9 Å². The number of fused-ring (bicyclic) bond motifs is 1. The number of methoxy groups -OCH3 is 1. The Labute approximate surface area is 201 Å². The first-order valence-electron chi connectivity index (χ1n) is 11.2. The van der Waals surface area contributed by atoms with Gasteiger partial charge in [-0.2, -0.15) is 5.10 Å². The van der Waals surface area contributed by atoms with Crippen molar-refractivity contribution in [2.75, 3.05) is 7.11 Å². The highest BCUT2D eigenvalue weighted by molar-refractivity contribution is 6.31. The van der Waals surface area contributed by atoms with Crippen molar-refractivity contribution in [1.82, 2.24) is 19.7 Å². The van der Waals surface area contributed by atoms with Gasteiger partial charge in [-0.3, -0.25) is 4.68 Å². The third-order valence-electron chi connectivity index (χ3n) is 6.95. The summed E-state index contributed by atoms with van der Waals surface area (Å²) >= 11 is 6.35. The van der Waals surface area contributed by atoms with Gasteiger partial charge in [0.25, 0.3) is 0 Å². The number of pyridine rings is 1. The fraction of sp³-hybridized carbons (Fsp3) is 0.360. The number of aromatic nitrogens is 4. The van der Waals surface area contributed by atoms with Crippen molar-refractivity contribution in [2.45, 2.75) is 50.9 Å². The topological polar surface area (TPSA) is 96.2 Å². The molecule has 3 N–H and O–H groups in total. The summed E-state index contributed by atoms with van der Waals surface area (Å²) in [6, 6.07) is 4.87.